The van der Waals surface area contributed by atoms with E-state index < -0.39 is 7.12 Å². The molecule has 2 N–H and O–H groups in total. The summed E-state index contributed by atoms with van der Waals surface area (Å²) in [5.41, 5.74) is 6.09. The summed E-state index contributed by atoms with van der Waals surface area (Å²) < 4.78 is 0. The Hall–Kier alpha value is -1.58. The molecule has 0 aromatic heterocycles. The Kier molecular flexibility index (Phi) is 2.59. The van der Waals surface area contributed by atoms with Gasteiger partial charge in [0.25, 0.3) is 0 Å². The van der Waals surface area contributed by atoms with Gasteiger partial charge in [-0.25, -0.2) is 0 Å². The lowest BCUT2D eigenvalue weighted by Crippen LogP contribution is -2.37. The molecule has 0 amide bonds. The molecule has 0 aliphatic heterocycles. The molecule has 2 aromatic carbocycles. The minimum atomic E-state index is -1.43. The van der Waals surface area contributed by atoms with Crippen molar-refractivity contribution < 1.29 is 10.0 Å². The zero-order valence-corrected chi connectivity index (χ0v) is 11.4. The summed E-state index contributed by atoms with van der Waals surface area (Å²) in [5.74, 6) is 0. The largest absolute Gasteiger partial charge is 0.488 e. The molecule has 0 bridgehead atoms. The first-order valence-electron chi connectivity index (χ1n) is 6.54. The molecule has 0 spiro atoms. The Balaban J connectivity index is 2.41. The molecule has 1 aliphatic rings. The van der Waals surface area contributed by atoms with Gasteiger partial charge in [-0.2, -0.15) is 0 Å². The first-order valence-corrected chi connectivity index (χ1v) is 6.54. The van der Waals surface area contributed by atoms with E-state index in [2.05, 4.69) is 32.0 Å². The molecular formula is C16H17BO2. The summed E-state index contributed by atoms with van der Waals surface area (Å²) >= 11 is 0. The lowest BCUT2D eigenvalue weighted by Gasteiger charge is -2.24. The van der Waals surface area contributed by atoms with Crippen LogP contribution in [0.4, 0.5) is 0 Å². The van der Waals surface area contributed by atoms with Gasteiger partial charge in [-0.1, -0.05) is 55.8 Å². The van der Waals surface area contributed by atoms with Crippen LogP contribution < -0.4 is 5.46 Å². The first kappa shape index (κ1) is 12.5. The van der Waals surface area contributed by atoms with E-state index in [1.165, 1.54) is 11.1 Å². The first-order chi connectivity index (χ1) is 8.93. The molecule has 3 rings (SSSR count). The molecule has 0 unspecified atom stereocenters. The van der Waals surface area contributed by atoms with E-state index in [0.29, 0.717) is 5.46 Å². The fourth-order valence-electron chi connectivity index (χ4n) is 3.33. The molecular weight excluding hydrogens is 235 g/mol. The van der Waals surface area contributed by atoms with E-state index in [-0.39, 0.29) is 5.41 Å². The van der Waals surface area contributed by atoms with Crippen LogP contribution in [0.3, 0.4) is 0 Å². The molecule has 0 heterocycles. The molecule has 0 radical (unpaired) electrons. The number of hydrogen-bond donors (Lipinski definition) is 2. The predicted octanol–water partition coefficient (Wildman–Crippen LogP) is 1.98. The van der Waals surface area contributed by atoms with Crippen LogP contribution in [0.1, 0.15) is 30.5 Å². The molecule has 0 saturated carbocycles. The number of fused-ring (bicyclic) bond motifs is 3. The lowest BCUT2D eigenvalue weighted by atomic mass is 9.69. The fraction of sp³-hybridized carbons (Fsp3) is 0.250. The van der Waals surface area contributed by atoms with Gasteiger partial charge in [0.15, 0.2) is 0 Å². The minimum Gasteiger partial charge on any atom is -0.423 e. The average Bonchev–Trinajstić information content (AvgIpc) is 2.58. The molecule has 2 nitrogen and oxygen atoms in total. The third kappa shape index (κ3) is 1.66. The standard InChI is InChI=1S/C16H17BO2/c1-10-8-12-11-6-4-5-7-13(11)16(2,3)15(12)14(9-10)17(18)19/h4-9,18-19H,1-3H3. The van der Waals surface area contributed by atoms with Gasteiger partial charge in [-0.05, 0) is 34.6 Å². The van der Waals surface area contributed by atoms with E-state index in [1.54, 1.807) is 0 Å². The molecule has 1 aliphatic carbocycles. The Bertz CT molecular complexity index is 660. The van der Waals surface area contributed by atoms with Crippen LogP contribution >= 0.6 is 0 Å². The van der Waals surface area contributed by atoms with Crippen molar-refractivity contribution in [1.29, 1.82) is 0 Å². The van der Waals surface area contributed by atoms with Crippen molar-refractivity contribution in [2.45, 2.75) is 26.2 Å². The van der Waals surface area contributed by atoms with Crippen LogP contribution in [0.2, 0.25) is 0 Å². The zero-order chi connectivity index (χ0) is 13.8. The topological polar surface area (TPSA) is 40.5 Å². The predicted molar refractivity (Wildman–Crippen MR) is 78.6 cm³/mol. The lowest BCUT2D eigenvalue weighted by molar-refractivity contribution is 0.424. The van der Waals surface area contributed by atoms with E-state index in [0.717, 1.165) is 16.7 Å². The van der Waals surface area contributed by atoms with E-state index in [4.69, 9.17) is 0 Å². The van der Waals surface area contributed by atoms with Crippen LogP contribution in [0.5, 0.6) is 0 Å². The van der Waals surface area contributed by atoms with Gasteiger partial charge in [0.05, 0.1) is 0 Å². The maximum absolute atomic E-state index is 9.68. The van der Waals surface area contributed by atoms with Gasteiger partial charge >= 0.3 is 7.12 Å². The van der Waals surface area contributed by atoms with Gasteiger partial charge in [-0.3, -0.25) is 0 Å². The van der Waals surface area contributed by atoms with E-state index in [9.17, 15) is 10.0 Å². The summed E-state index contributed by atoms with van der Waals surface area (Å²) in [5, 5.41) is 19.4. The Morgan fingerprint density at radius 3 is 2.37 bits per heavy atom. The Labute approximate surface area is 113 Å². The summed E-state index contributed by atoms with van der Waals surface area (Å²) in [6, 6.07) is 12.3. The van der Waals surface area contributed by atoms with Gasteiger partial charge < -0.3 is 10.0 Å². The highest BCUT2D eigenvalue weighted by Crippen LogP contribution is 2.47. The maximum atomic E-state index is 9.68. The average molecular weight is 252 g/mol. The normalized spacial score (nSPS) is 15.0. The quantitative estimate of drug-likeness (QED) is 0.762. The van der Waals surface area contributed by atoms with Crippen molar-refractivity contribution in [3.8, 4) is 11.1 Å². The Morgan fingerprint density at radius 1 is 1.00 bits per heavy atom. The highest BCUT2D eigenvalue weighted by atomic mass is 16.4. The third-order valence-electron chi connectivity index (χ3n) is 4.11. The molecule has 0 saturated heterocycles. The Morgan fingerprint density at radius 2 is 1.68 bits per heavy atom. The number of hydrogen-bond acceptors (Lipinski definition) is 2. The van der Waals surface area contributed by atoms with Gasteiger partial charge in [0.2, 0.25) is 0 Å². The van der Waals surface area contributed by atoms with Crippen molar-refractivity contribution in [2.75, 3.05) is 0 Å². The van der Waals surface area contributed by atoms with E-state index in [1.807, 2.05) is 25.1 Å². The van der Waals surface area contributed by atoms with Crippen LogP contribution in [0.15, 0.2) is 36.4 Å². The summed E-state index contributed by atoms with van der Waals surface area (Å²) in [6.07, 6.45) is 0. The van der Waals surface area contributed by atoms with Gasteiger partial charge in [0.1, 0.15) is 0 Å². The van der Waals surface area contributed by atoms with E-state index >= 15 is 0 Å². The SMILES string of the molecule is Cc1cc(B(O)O)c2c(c1)-c1ccccc1C2(C)C. The minimum absolute atomic E-state index is 0.196. The zero-order valence-electron chi connectivity index (χ0n) is 11.4. The molecule has 0 fully saturated rings. The van der Waals surface area contributed by atoms with Crippen LogP contribution in [-0.4, -0.2) is 17.2 Å². The number of benzene rings is 2. The molecule has 2 aromatic rings. The third-order valence-corrected chi connectivity index (χ3v) is 4.11. The number of aryl methyl sites for hydroxylation is 1. The van der Waals surface area contributed by atoms with Crippen LogP contribution in [0, 0.1) is 6.92 Å². The van der Waals surface area contributed by atoms with Gasteiger partial charge in [0, 0.05) is 5.41 Å². The summed E-state index contributed by atoms with van der Waals surface area (Å²) in [6.45, 7) is 6.26. The van der Waals surface area contributed by atoms with Crippen molar-refractivity contribution in [2.24, 2.45) is 0 Å². The molecule has 96 valence electrons. The van der Waals surface area contributed by atoms with Crippen molar-refractivity contribution in [3.63, 3.8) is 0 Å². The fourth-order valence-corrected chi connectivity index (χ4v) is 3.33. The van der Waals surface area contributed by atoms with Crippen LogP contribution in [-0.2, 0) is 5.41 Å². The second kappa shape index (κ2) is 3.96. The second-order valence-corrected chi connectivity index (χ2v) is 5.82. The summed E-state index contributed by atoms with van der Waals surface area (Å²) in [7, 11) is -1.43. The second-order valence-electron chi connectivity index (χ2n) is 5.82. The smallest absolute Gasteiger partial charge is 0.423 e. The van der Waals surface area contributed by atoms with Crippen LogP contribution in [0.25, 0.3) is 11.1 Å². The molecule has 19 heavy (non-hydrogen) atoms. The number of rotatable bonds is 1. The maximum Gasteiger partial charge on any atom is 0.488 e. The molecule has 0 atom stereocenters. The van der Waals surface area contributed by atoms with Gasteiger partial charge in [-0.15, -0.1) is 0 Å². The highest BCUT2D eigenvalue weighted by Gasteiger charge is 2.39. The molecule has 3 heteroatoms. The van der Waals surface area contributed by atoms with Crippen molar-refractivity contribution >= 4 is 12.6 Å². The highest BCUT2D eigenvalue weighted by molar-refractivity contribution is 6.59. The summed E-state index contributed by atoms with van der Waals surface area (Å²) in [4.78, 5) is 0. The van der Waals surface area contributed by atoms with Crippen molar-refractivity contribution in [3.05, 3.63) is 53.1 Å². The van der Waals surface area contributed by atoms with Crippen molar-refractivity contribution in [1.82, 2.24) is 0 Å². The monoisotopic (exact) mass is 252 g/mol.